The Morgan fingerprint density at radius 3 is 2.15 bits per heavy atom. The number of ether oxygens (including phenoxy) is 1. The van der Waals surface area contributed by atoms with Crippen LogP contribution in [0.1, 0.15) is 51.5 Å². The van der Waals surface area contributed by atoms with Crippen LogP contribution in [0.2, 0.25) is 0 Å². The van der Waals surface area contributed by atoms with Crippen LogP contribution in [0, 0.1) is 5.92 Å². The van der Waals surface area contributed by atoms with Gasteiger partial charge in [-0.25, -0.2) is 0 Å². The first kappa shape index (κ1) is 27.0. The van der Waals surface area contributed by atoms with E-state index < -0.39 is 0 Å². The van der Waals surface area contributed by atoms with Crippen molar-refractivity contribution in [2.45, 2.75) is 52.4 Å². The number of anilines is 2. The Kier molecular flexibility index (Phi) is 11.7. The summed E-state index contributed by atoms with van der Waals surface area (Å²) in [6.07, 6.45) is 2.82. The van der Waals surface area contributed by atoms with Crippen LogP contribution in [0.5, 0.6) is 0 Å². The second-order valence-corrected chi connectivity index (χ2v) is 8.80. The number of nitrogens with one attached hydrogen (secondary N) is 3. The van der Waals surface area contributed by atoms with E-state index in [4.69, 9.17) is 17.0 Å². The van der Waals surface area contributed by atoms with Crippen molar-refractivity contribution < 1.29 is 19.1 Å². The SMILES string of the molecule is CC(C)CC(=O)Nc1ccc(NC(=S)NC(=O)CCCC(=O)OCCCc2ccccc2)cc1. The second kappa shape index (κ2) is 14.8. The highest BCUT2D eigenvalue weighted by molar-refractivity contribution is 7.80. The Balaban J connectivity index is 1.58. The summed E-state index contributed by atoms with van der Waals surface area (Å²) in [7, 11) is 0. The van der Waals surface area contributed by atoms with Gasteiger partial charge in [-0.15, -0.1) is 0 Å². The lowest BCUT2D eigenvalue weighted by Crippen LogP contribution is -2.34. The molecule has 34 heavy (non-hydrogen) atoms. The molecular weight excluding hydrogens is 450 g/mol. The predicted octanol–water partition coefficient (Wildman–Crippen LogP) is 4.83. The third-order valence-electron chi connectivity index (χ3n) is 4.77. The molecule has 0 unspecified atom stereocenters. The third-order valence-corrected chi connectivity index (χ3v) is 4.98. The van der Waals surface area contributed by atoms with Crippen molar-refractivity contribution in [1.29, 1.82) is 0 Å². The van der Waals surface area contributed by atoms with Crippen molar-refractivity contribution in [3.63, 3.8) is 0 Å². The zero-order chi connectivity index (χ0) is 24.8. The predicted molar refractivity (Wildman–Crippen MR) is 138 cm³/mol. The molecule has 2 aromatic carbocycles. The minimum absolute atomic E-state index is 0.0328. The van der Waals surface area contributed by atoms with Gasteiger partial charge in [-0.3, -0.25) is 14.4 Å². The summed E-state index contributed by atoms with van der Waals surface area (Å²) >= 11 is 5.17. The molecule has 0 spiro atoms. The molecule has 0 fully saturated rings. The fourth-order valence-corrected chi connectivity index (χ4v) is 3.38. The first-order valence-electron chi connectivity index (χ1n) is 11.5. The number of benzene rings is 2. The molecule has 182 valence electrons. The lowest BCUT2D eigenvalue weighted by atomic mass is 10.1. The Morgan fingerprint density at radius 1 is 0.853 bits per heavy atom. The second-order valence-electron chi connectivity index (χ2n) is 8.39. The topological polar surface area (TPSA) is 96.5 Å². The van der Waals surface area contributed by atoms with Crippen LogP contribution in [0.4, 0.5) is 11.4 Å². The van der Waals surface area contributed by atoms with Gasteiger partial charge in [0, 0.05) is 30.6 Å². The van der Waals surface area contributed by atoms with E-state index in [1.165, 1.54) is 5.56 Å². The molecule has 0 bridgehead atoms. The van der Waals surface area contributed by atoms with E-state index in [-0.39, 0.29) is 41.7 Å². The van der Waals surface area contributed by atoms with Gasteiger partial charge in [-0.2, -0.15) is 0 Å². The first-order valence-corrected chi connectivity index (χ1v) is 11.9. The van der Waals surface area contributed by atoms with E-state index in [2.05, 4.69) is 16.0 Å². The quantitative estimate of drug-likeness (QED) is 0.227. The highest BCUT2D eigenvalue weighted by atomic mass is 32.1. The fourth-order valence-electron chi connectivity index (χ4n) is 3.14. The molecule has 2 amide bonds. The maximum Gasteiger partial charge on any atom is 0.305 e. The van der Waals surface area contributed by atoms with Gasteiger partial charge in [0.05, 0.1) is 6.61 Å². The summed E-state index contributed by atoms with van der Waals surface area (Å²) in [6, 6.07) is 17.1. The van der Waals surface area contributed by atoms with Gasteiger partial charge in [0.1, 0.15) is 0 Å². The zero-order valence-electron chi connectivity index (χ0n) is 19.8. The third kappa shape index (κ3) is 11.6. The molecule has 7 nitrogen and oxygen atoms in total. The van der Waals surface area contributed by atoms with Gasteiger partial charge >= 0.3 is 5.97 Å². The summed E-state index contributed by atoms with van der Waals surface area (Å²) < 4.78 is 5.22. The molecule has 0 atom stereocenters. The van der Waals surface area contributed by atoms with Crippen molar-refractivity contribution in [1.82, 2.24) is 5.32 Å². The average Bonchev–Trinajstić information content (AvgIpc) is 2.78. The first-order chi connectivity index (χ1) is 16.3. The monoisotopic (exact) mass is 483 g/mol. The van der Waals surface area contributed by atoms with E-state index in [0.29, 0.717) is 30.8 Å². The van der Waals surface area contributed by atoms with Crippen LogP contribution in [0.25, 0.3) is 0 Å². The minimum atomic E-state index is -0.304. The van der Waals surface area contributed by atoms with Gasteiger partial charge < -0.3 is 20.7 Å². The summed E-state index contributed by atoms with van der Waals surface area (Å²) in [4.78, 5) is 35.7. The van der Waals surface area contributed by atoms with Crippen molar-refractivity contribution >= 4 is 46.5 Å². The van der Waals surface area contributed by atoms with Gasteiger partial charge in [-0.1, -0.05) is 44.2 Å². The molecule has 2 rings (SSSR count). The summed E-state index contributed by atoms with van der Waals surface area (Å²) in [5.41, 5.74) is 2.59. The van der Waals surface area contributed by atoms with Crippen LogP contribution in [-0.2, 0) is 25.5 Å². The number of carbonyl (C=O) groups is 3. The number of carbonyl (C=O) groups excluding carboxylic acids is 3. The molecule has 0 radical (unpaired) electrons. The van der Waals surface area contributed by atoms with Crippen LogP contribution < -0.4 is 16.0 Å². The lowest BCUT2D eigenvalue weighted by molar-refractivity contribution is -0.143. The van der Waals surface area contributed by atoms with Gasteiger partial charge in [0.2, 0.25) is 11.8 Å². The van der Waals surface area contributed by atoms with Crippen molar-refractivity contribution in [3.05, 3.63) is 60.2 Å². The Bertz CT molecular complexity index is 946. The number of esters is 1. The van der Waals surface area contributed by atoms with Gasteiger partial charge in [0.25, 0.3) is 0 Å². The number of hydrogen-bond acceptors (Lipinski definition) is 5. The molecule has 0 aliphatic rings. The highest BCUT2D eigenvalue weighted by Gasteiger charge is 2.09. The molecule has 0 aliphatic carbocycles. The van der Waals surface area contributed by atoms with Crippen LogP contribution in [0.3, 0.4) is 0 Å². The maximum absolute atomic E-state index is 12.1. The maximum atomic E-state index is 12.1. The number of rotatable bonds is 12. The standard InChI is InChI=1S/C26H33N3O4S/c1-19(2)18-24(31)27-21-13-15-22(16-14-21)28-26(34)29-23(30)11-6-12-25(32)33-17-7-10-20-8-4-3-5-9-20/h3-5,8-9,13-16,19H,6-7,10-12,17-18H2,1-2H3,(H,27,31)(H2,28,29,30,34). The van der Waals surface area contributed by atoms with E-state index in [9.17, 15) is 14.4 Å². The Labute approximate surface area is 206 Å². The average molecular weight is 484 g/mol. The van der Waals surface area contributed by atoms with Gasteiger partial charge in [-0.05, 0) is 67.2 Å². The lowest BCUT2D eigenvalue weighted by Gasteiger charge is -2.11. The molecule has 8 heteroatoms. The summed E-state index contributed by atoms with van der Waals surface area (Å²) in [5, 5.41) is 8.53. The Hall–Kier alpha value is -3.26. The minimum Gasteiger partial charge on any atom is -0.466 e. The Morgan fingerprint density at radius 2 is 1.50 bits per heavy atom. The number of aryl methyl sites for hydroxylation is 1. The molecule has 0 aliphatic heterocycles. The number of thiocarbonyl (C=S) groups is 1. The van der Waals surface area contributed by atoms with Crippen LogP contribution >= 0.6 is 12.2 Å². The number of amides is 2. The zero-order valence-corrected chi connectivity index (χ0v) is 20.6. The van der Waals surface area contributed by atoms with Crippen molar-refractivity contribution in [3.8, 4) is 0 Å². The molecule has 0 heterocycles. The fraction of sp³-hybridized carbons (Fsp3) is 0.385. The van der Waals surface area contributed by atoms with Crippen molar-refractivity contribution in [2.75, 3.05) is 17.2 Å². The largest absolute Gasteiger partial charge is 0.466 e. The smallest absolute Gasteiger partial charge is 0.305 e. The molecule has 0 saturated carbocycles. The van der Waals surface area contributed by atoms with Crippen molar-refractivity contribution in [2.24, 2.45) is 5.92 Å². The molecular formula is C26H33N3O4S. The molecule has 3 N–H and O–H groups in total. The normalized spacial score (nSPS) is 10.4. The van der Waals surface area contributed by atoms with E-state index in [0.717, 1.165) is 12.8 Å². The summed E-state index contributed by atoms with van der Waals surface area (Å²) in [5.74, 6) is -0.318. The molecule has 2 aromatic rings. The highest BCUT2D eigenvalue weighted by Crippen LogP contribution is 2.14. The molecule has 0 aromatic heterocycles. The van der Waals surface area contributed by atoms with E-state index in [1.54, 1.807) is 24.3 Å². The van der Waals surface area contributed by atoms with Gasteiger partial charge in [0.15, 0.2) is 5.11 Å². The molecule has 0 saturated heterocycles. The van der Waals surface area contributed by atoms with E-state index >= 15 is 0 Å². The number of hydrogen-bond donors (Lipinski definition) is 3. The van der Waals surface area contributed by atoms with Crippen LogP contribution in [0.15, 0.2) is 54.6 Å². The van der Waals surface area contributed by atoms with E-state index in [1.807, 2.05) is 44.2 Å². The summed E-state index contributed by atoms with van der Waals surface area (Å²) in [6.45, 7) is 4.34. The van der Waals surface area contributed by atoms with Crippen LogP contribution in [-0.4, -0.2) is 29.5 Å².